The highest BCUT2D eigenvalue weighted by atomic mass is 127. The van der Waals surface area contributed by atoms with Crippen LogP contribution in [0.3, 0.4) is 0 Å². The molecule has 0 aromatic heterocycles. The van der Waals surface area contributed by atoms with E-state index in [2.05, 4.69) is 20.9 Å². The fourth-order valence-electron chi connectivity index (χ4n) is 2.26. The molecule has 0 aliphatic heterocycles. The Bertz CT molecular complexity index is 597. The lowest BCUT2D eigenvalue weighted by Gasteiger charge is -2.14. The molecule has 0 atom stereocenters. The van der Waals surface area contributed by atoms with Crippen molar-refractivity contribution in [3.8, 4) is 5.75 Å². The topological polar surface area (TPSA) is 93.2 Å². The summed E-state index contributed by atoms with van der Waals surface area (Å²) < 4.78 is 16.1. The van der Waals surface area contributed by atoms with Crippen molar-refractivity contribution < 1.29 is 19.0 Å². The summed E-state index contributed by atoms with van der Waals surface area (Å²) in [4.78, 5) is 16.2. The van der Waals surface area contributed by atoms with Crippen molar-refractivity contribution in [1.29, 1.82) is 0 Å². The Hall–Kier alpha value is -1.59. The van der Waals surface area contributed by atoms with Gasteiger partial charge < -0.3 is 30.2 Å². The van der Waals surface area contributed by atoms with Gasteiger partial charge >= 0.3 is 0 Å². The van der Waals surface area contributed by atoms with Crippen LogP contribution in [-0.4, -0.2) is 64.5 Å². The van der Waals surface area contributed by atoms with Gasteiger partial charge in [0.25, 0.3) is 0 Å². The highest BCUT2D eigenvalue weighted by Gasteiger charge is 2.04. The number of carbonyl (C=O) groups is 1. The number of methoxy groups -OCH3 is 1. The van der Waals surface area contributed by atoms with Crippen molar-refractivity contribution in [2.24, 2.45) is 4.99 Å². The second-order valence-corrected chi connectivity index (χ2v) is 6.72. The number of rotatable bonds is 14. The molecular weight excluding hydrogens is 499 g/mol. The standard InChI is InChI=1S/C21H36N4O4.HI/c1-5-11-22-20(26)16-24-21(23-12-6-13-28-15-14-27-4)25-18-7-9-19(10-8-18)29-17(2)3;/h7-10,17H,5-6,11-16H2,1-4H3,(H,22,26)(H2,23,24,25);1H. The van der Waals surface area contributed by atoms with E-state index in [0.717, 1.165) is 24.3 Å². The van der Waals surface area contributed by atoms with Crippen molar-refractivity contribution in [3.05, 3.63) is 24.3 Å². The number of aliphatic imine (C=N–C) groups is 1. The Balaban J connectivity index is 0.00000841. The lowest BCUT2D eigenvalue weighted by Crippen LogP contribution is -2.34. The van der Waals surface area contributed by atoms with Crippen LogP contribution in [0.1, 0.15) is 33.6 Å². The zero-order valence-electron chi connectivity index (χ0n) is 18.5. The van der Waals surface area contributed by atoms with Gasteiger partial charge in [0.05, 0.1) is 19.3 Å². The van der Waals surface area contributed by atoms with Crippen LogP contribution in [0.2, 0.25) is 0 Å². The summed E-state index contributed by atoms with van der Waals surface area (Å²) >= 11 is 0. The third-order valence-electron chi connectivity index (χ3n) is 3.63. The molecule has 0 saturated carbocycles. The number of nitrogens with zero attached hydrogens (tertiary/aromatic N) is 1. The summed E-state index contributed by atoms with van der Waals surface area (Å²) in [6, 6.07) is 7.63. The fourth-order valence-corrected chi connectivity index (χ4v) is 2.26. The van der Waals surface area contributed by atoms with Crippen molar-refractivity contribution in [3.63, 3.8) is 0 Å². The molecule has 0 aliphatic rings. The zero-order valence-corrected chi connectivity index (χ0v) is 20.9. The van der Waals surface area contributed by atoms with E-state index in [1.165, 1.54) is 0 Å². The van der Waals surface area contributed by atoms with E-state index >= 15 is 0 Å². The first-order chi connectivity index (χ1) is 14.0. The summed E-state index contributed by atoms with van der Waals surface area (Å²) in [5.41, 5.74) is 0.859. The number of nitrogens with one attached hydrogen (secondary N) is 3. The van der Waals surface area contributed by atoms with Crippen LogP contribution >= 0.6 is 24.0 Å². The number of amides is 1. The predicted octanol–water partition coefficient (Wildman–Crippen LogP) is 3.03. The maximum atomic E-state index is 11.9. The first-order valence-corrected chi connectivity index (χ1v) is 10.2. The highest BCUT2D eigenvalue weighted by molar-refractivity contribution is 14.0. The Kier molecular flexibility index (Phi) is 17.2. The molecule has 0 radical (unpaired) electrons. The van der Waals surface area contributed by atoms with Crippen molar-refractivity contribution >= 4 is 41.5 Å². The quantitative estimate of drug-likeness (QED) is 0.147. The van der Waals surface area contributed by atoms with Crippen LogP contribution in [0.4, 0.5) is 5.69 Å². The molecule has 1 aromatic rings. The molecule has 0 bridgehead atoms. The number of benzene rings is 1. The molecule has 0 fully saturated rings. The van der Waals surface area contributed by atoms with Crippen LogP contribution in [0.25, 0.3) is 0 Å². The number of ether oxygens (including phenoxy) is 3. The second-order valence-electron chi connectivity index (χ2n) is 6.72. The maximum absolute atomic E-state index is 11.9. The normalized spacial score (nSPS) is 11.0. The average Bonchev–Trinajstić information content (AvgIpc) is 2.70. The Morgan fingerprint density at radius 3 is 2.43 bits per heavy atom. The molecule has 0 aliphatic carbocycles. The highest BCUT2D eigenvalue weighted by Crippen LogP contribution is 2.16. The Morgan fingerprint density at radius 2 is 1.80 bits per heavy atom. The van der Waals surface area contributed by atoms with E-state index in [9.17, 15) is 4.79 Å². The average molecular weight is 536 g/mol. The third kappa shape index (κ3) is 14.4. The number of hydrogen-bond acceptors (Lipinski definition) is 5. The monoisotopic (exact) mass is 536 g/mol. The molecule has 1 amide bonds. The van der Waals surface area contributed by atoms with E-state index in [1.54, 1.807) is 7.11 Å². The summed E-state index contributed by atoms with van der Waals surface area (Å²) in [5.74, 6) is 1.26. The van der Waals surface area contributed by atoms with E-state index in [4.69, 9.17) is 14.2 Å². The molecule has 30 heavy (non-hydrogen) atoms. The summed E-state index contributed by atoms with van der Waals surface area (Å²) in [6.07, 6.45) is 1.83. The first-order valence-electron chi connectivity index (χ1n) is 10.2. The van der Waals surface area contributed by atoms with Crippen LogP contribution in [0, 0.1) is 0 Å². The van der Waals surface area contributed by atoms with Crippen LogP contribution < -0.4 is 20.7 Å². The van der Waals surface area contributed by atoms with E-state index in [-0.39, 0.29) is 42.5 Å². The fraction of sp³-hybridized carbons (Fsp3) is 0.619. The minimum atomic E-state index is -0.100. The molecule has 1 aromatic carbocycles. The van der Waals surface area contributed by atoms with E-state index < -0.39 is 0 Å². The number of anilines is 1. The van der Waals surface area contributed by atoms with Crippen LogP contribution in [0.5, 0.6) is 5.75 Å². The van der Waals surface area contributed by atoms with Crippen molar-refractivity contribution in [1.82, 2.24) is 10.6 Å². The van der Waals surface area contributed by atoms with Crippen LogP contribution in [0.15, 0.2) is 29.3 Å². The molecule has 0 spiro atoms. The van der Waals surface area contributed by atoms with Gasteiger partial charge in [-0.3, -0.25) is 4.79 Å². The minimum Gasteiger partial charge on any atom is -0.491 e. The molecule has 9 heteroatoms. The van der Waals surface area contributed by atoms with Crippen molar-refractivity contribution in [2.45, 2.75) is 39.7 Å². The smallest absolute Gasteiger partial charge is 0.241 e. The zero-order chi connectivity index (χ0) is 21.3. The molecule has 0 unspecified atom stereocenters. The maximum Gasteiger partial charge on any atom is 0.241 e. The molecule has 0 heterocycles. The van der Waals surface area contributed by atoms with E-state index in [1.807, 2.05) is 45.0 Å². The van der Waals surface area contributed by atoms with Gasteiger partial charge in [0.1, 0.15) is 12.3 Å². The van der Waals surface area contributed by atoms with Gasteiger partial charge in [0.2, 0.25) is 5.91 Å². The van der Waals surface area contributed by atoms with Crippen LogP contribution in [-0.2, 0) is 14.3 Å². The lowest BCUT2D eigenvalue weighted by atomic mass is 10.3. The van der Waals surface area contributed by atoms with Gasteiger partial charge in [-0.1, -0.05) is 6.92 Å². The van der Waals surface area contributed by atoms with Gasteiger partial charge in [0.15, 0.2) is 5.96 Å². The van der Waals surface area contributed by atoms with Gasteiger partial charge in [-0.25, -0.2) is 4.99 Å². The van der Waals surface area contributed by atoms with Gasteiger partial charge in [-0.15, -0.1) is 24.0 Å². The largest absolute Gasteiger partial charge is 0.491 e. The predicted molar refractivity (Wildman–Crippen MR) is 132 cm³/mol. The molecule has 172 valence electrons. The molecular formula is C21H37IN4O4. The van der Waals surface area contributed by atoms with Crippen molar-refractivity contribution in [2.75, 3.05) is 51.9 Å². The number of halogens is 1. The number of guanidine groups is 1. The summed E-state index contributed by atoms with van der Waals surface area (Å²) in [7, 11) is 1.65. The Morgan fingerprint density at radius 1 is 1.07 bits per heavy atom. The second kappa shape index (κ2) is 18.2. The van der Waals surface area contributed by atoms with Gasteiger partial charge in [0, 0.05) is 32.5 Å². The van der Waals surface area contributed by atoms with E-state index in [0.29, 0.717) is 38.9 Å². The Labute approximate surface area is 197 Å². The molecule has 1 rings (SSSR count). The third-order valence-corrected chi connectivity index (χ3v) is 3.63. The van der Waals surface area contributed by atoms with Gasteiger partial charge in [-0.05, 0) is 51.0 Å². The SMILES string of the molecule is CCCNC(=O)CN=C(NCCCOCCOC)Nc1ccc(OC(C)C)cc1.I. The molecule has 0 saturated heterocycles. The molecule has 3 N–H and O–H groups in total. The summed E-state index contributed by atoms with van der Waals surface area (Å²) in [5, 5.41) is 9.28. The summed E-state index contributed by atoms with van der Waals surface area (Å²) in [6.45, 7) is 9.18. The number of carbonyl (C=O) groups excluding carboxylic acids is 1. The minimum absolute atomic E-state index is 0. The lowest BCUT2D eigenvalue weighted by molar-refractivity contribution is -0.119. The molecule has 8 nitrogen and oxygen atoms in total. The van der Waals surface area contributed by atoms with Gasteiger partial charge in [-0.2, -0.15) is 0 Å². The number of hydrogen-bond donors (Lipinski definition) is 3. The first kappa shape index (κ1) is 28.4.